The van der Waals surface area contributed by atoms with Crippen LogP contribution in [0.4, 0.5) is 11.4 Å². The molecule has 1 saturated carbocycles. The van der Waals surface area contributed by atoms with Crippen molar-refractivity contribution in [1.82, 2.24) is 14.8 Å². The number of nitrogens with zero attached hydrogens (tertiary/aromatic N) is 3. The molecule has 0 radical (unpaired) electrons. The minimum absolute atomic E-state index is 0.0275. The summed E-state index contributed by atoms with van der Waals surface area (Å²) < 4.78 is 1.53. The molecule has 9 nitrogen and oxygen atoms in total. The van der Waals surface area contributed by atoms with Gasteiger partial charge in [-0.15, -0.1) is 5.10 Å². The van der Waals surface area contributed by atoms with E-state index in [2.05, 4.69) is 15.5 Å². The summed E-state index contributed by atoms with van der Waals surface area (Å²) >= 11 is 6.90. The minimum atomic E-state index is -0.600. The number of anilines is 1. The van der Waals surface area contributed by atoms with Gasteiger partial charge in [-0.1, -0.05) is 23.4 Å². The van der Waals surface area contributed by atoms with Gasteiger partial charge in [0, 0.05) is 17.1 Å². The lowest BCUT2D eigenvalue weighted by Gasteiger charge is -2.07. The topological polar surface area (TPSA) is 123 Å². The third-order valence-electron chi connectivity index (χ3n) is 3.35. The molecule has 1 aliphatic rings. The molecule has 1 aromatic carbocycles. The zero-order chi connectivity index (χ0) is 17.3. The van der Waals surface area contributed by atoms with Crippen LogP contribution in [0.1, 0.15) is 18.9 Å². The summed E-state index contributed by atoms with van der Waals surface area (Å²) in [6.45, 7) is 0. The summed E-state index contributed by atoms with van der Waals surface area (Å²) in [5, 5.41) is 20.4. The molecule has 126 valence electrons. The number of carbonyl (C=O) groups excluding carboxylic acids is 1. The number of rotatable bonds is 6. The van der Waals surface area contributed by atoms with Crippen LogP contribution in [0.15, 0.2) is 28.2 Å². The highest BCUT2D eigenvalue weighted by molar-refractivity contribution is 7.99. The van der Waals surface area contributed by atoms with Gasteiger partial charge in [0.15, 0.2) is 5.16 Å². The maximum atomic E-state index is 12.1. The Bertz CT molecular complexity index is 860. The molecule has 0 atom stereocenters. The van der Waals surface area contributed by atoms with Gasteiger partial charge in [0.2, 0.25) is 5.91 Å². The molecule has 0 spiro atoms. The lowest BCUT2D eigenvalue weighted by molar-refractivity contribution is -0.383. The maximum absolute atomic E-state index is 12.1. The second kappa shape index (κ2) is 6.65. The lowest BCUT2D eigenvalue weighted by atomic mass is 10.2. The minimum Gasteiger partial charge on any atom is -0.320 e. The number of aromatic nitrogens is 3. The summed E-state index contributed by atoms with van der Waals surface area (Å²) in [6, 6.07) is 4.05. The van der Waals surface area contributed by atoms with E-state index < -0.39 is 10.8 Å². The molecule has 0 bridgehead atoms. The Morgan fingerprint density at radius 3 is 2.96 bits per heavy atom. The second-order valence-corrected chi connectivity index (χ2v) is 6.55. The molecular weight excluding hydrogens is 358 g/mol. The monoisotopic (exact) mass is 369 g/mol. The summed E-state index contributed by atoms with van der Waals surface area (Å²) in [4.78, 5) is 34.1. The third-order valence-corrected chi connectivity index (χ3v) is 4.53. The van der Waals surface area contributed by atoms with Gasteiger partial charge in [0.05, 0.1) is 10.7 Å². The standard InChI is InChI=1S/C13H12ClN5O4S/c14-7-1-4-10(19(22)23)9(5-7)15-11(20)6-24-13-17-16-12(21)18(13)8-2-3-8/h1,4-5,8H,2-3,6H2,(H,15,20)(H,16,21). The fourth-order valence-electron chi connectivity index (χ4n) is 2.13. The predicted octanol–water partition coefficient (Wildman–Crippen LogP) is 2.20. The Kier molecular flexibility index (Phi) is 4.58. The van der Waals surface area contributed by atoms with Crippen LogP contribution >= 0.6 is 23.4 Å². The van der Waals surface area contributed by atoms with Crippen molar-refractivity contribution < 1.29 is 9.72 Å². The average Bonchev–Trinajstić information content (AvgIpc) is 3.28. The Labute approximate surface area is 144 Å². The number of amides is 1. The predicted molar refractivity (Wildman–Crippen MR) is 88.6 cm³/mol. The fraction of sp³-hybridized carbons (Fsp3) is 0.308. The summed E-state index contributed by atoms with van der Waals surface area (Å²) in [7, 11) is 0. The molecule has 11 heteroatoms. The number of hydrogen-bond acceptors (Lipinski definition) is 6. The van der Waals surface area contributed by atoms with E-state index >= 15 is 0 Å². The van der Waals surface area contributed by atoms with Gasteiger partial charge in [-0.25, -0.2) is 9.89 Å². The third kappa shape index (κ3) is 3.60. The average molecular weight is 370 g/mol. The van der Waals surface area contributed by atoms with Crippen LogP contribution in [0.25, 0.3) is 0 Å². The van der Waals surface area contributed by atoms with Crippen LogP contribution in [0.2, 0.25) is 5.02 Å². The van der Waals surface area contributed by atoms with Crippen molar-refractivity contribution in [2.75, 3.05) is 11.1 Å². The molecule has 1 aromatic heterocycles. The zero-order valence-electron chi connectivity index (χ0n) is 12.2. The molecular formula is C13H12ClN5O4S. The number of halogens is 1. The largest absolute Gasteiger partial charge is 0.344 e. The van der Waals surface area contributed by atoms with Gasteiger partial charge in [0.1, 0.15) is 5.69 Å². The number of hydrogen-bond donors (Lipinski definition) is 2. The van der Waals surface area contributed by atoms with Gasteiger partial charge in [0.25, 0.3) is 5.69 Å². The number of aromatic amines is 1. The van der Waals surface area contributed by atoms with Gasteiger partial charge in [-0.2, -0.15) is 0 Å². The van der Waals surface area contributed by atoms with E-state index in [0.717, 1.165) is 24.6 Å². The van der Waals surface area contributed by atoms with Crippen molar-refractivity contribution >= 4 is 40.6 Å². The Balaban J connectivity index is 1.68. The van der Waals surface area contributed by atoms with E-state index in [1.807, 2.05) is 0 Å². The molecule has 2 aromatic rings. The first-order chi connectivity index (χ1) is 11.5. The summed E-state index contributed by atoms with van der Waals surface area (Å²) in [6.07, 6.45) is 1.82. The van der Waals surface area contributed by atoms with E-state index in [4.69, 9.17) is 11.6 Å². The Morgan fingerprint density at radius 2 is 2.29 bits per heavy atom. The van der Waals surface area contributed by atoms with Crippen LogP contribution in [0.3, 0.4) is 0 Å². The highest BCUT2D eigenvalue weighted by Crippen LogP contribution is 2.36. The van der Waals surface area contributed by atoms with Crippen LogP contribution in [0.5, 0.6) is 0 Å². The Hall–Kier alpha value is -2.33. The number of nitro groups is 1. The first kappa shape index (κ1) is 16.5. The number of thioether (sulfide) groups is 1. The van der Waals surface area contributed by atoms with E-state index in [1.165, 1.54) is 22.8 Å². The van der Waals surface area contributed by atoms with Gasteiger partial charge in [-0.3, -0.25) is 19.5 Å². The summed E-state index contributed by atoms with van der Waals surface area (Å²) in [5.74, 6) is -0.496. The van der Waals surface area contributed by atoms with Crippen LogP contribution in [0, 0.1) is 10.1 Å². The first-order valence-electron chi connectivity index (χ1n) is 6.99. The second-order valence-electron chi connectivity index (χ2n) is 5.17. The van der Waals surface area contributed by atoms with E-state index in [0.29, 0.717) is 5.16 Å². The molecule has 1 amide bonds. The number of nitrogens with one attached hydrogen (secondary N) is 2. The molecule has 24 heavy (non-hydrogen) atoms. The lowest BCUT2D eigenvalue weighted by Crippen LogP contribution is -2.18. The van der Waals surface area contributed by atoms with Crippen LogP contribution in [-0.2, 0) is 4.79 Å². The summed E-state index contributed by atoms with van der Waals surface area (Å²) in [5.41, 5.74) is -0.516. The van der Waals surface area contributed by atoms with Crippen molar-refractivity contribution in [3.63, 3.8) is 0 Å². The number of H-pyrrole nitrogens is 1. The van der Waals surface area contributed by atoms with Gasteiger partial charge in [-0.05, 0) is 25.0 Å². The number of nitro benzene ring substituents is 1. The Morgan fingerprint density at radius 1 is 1.54 bits per heavy atom. The molecule has 0 aliphatic heterocycles. The number of benzene rings is 1. The van der Waals surface area contributed by atoms with E-state index in [-0.39, 0.29) is 33.9 Å². The SMILES string of the molecule is O=C(CSc1n[nH]c(=O)n1C1CC1)Nc1cc(Cl)ccc1[N+](=O)[O-]. The molecule has 1 fully saturated rings. The van der Waals surface area contributed by atoms with Crippen molar-refractivity contribution in [1.29, 1.82) is 0 Å². The number of carbonyl (C=O) groups is 1. The van der Waals surface area contributed by atoms with E-state index in [1.54, 1.807) is 0 Å². The molecule has 0 saturated heterocycles. The molecule has 0 unspecified atom stereocenters. The fourth-order valence-corrected chi connectivity index (χ4v) is 3.12. The molecule has 3 rings (SSSR count). The molecule has 2 N–H and O–H groups in total. The first-order valence-corrected chi connectivity index (χ1v) is 8.35. The zero-order valence-corrected chi connectivity index (χ0v) is 13.8. The highest BCUT2D eigenvalue weighted by atomic mass is 35.5. The molecule has 1 aliphatic carbocycles. The van der Waals surface area contributed by atoms with Crippen molar-refractivity contribution in [2.24, 2.45) is 0 Å². The quantitative estimate of drug-likeness (QED) is 0.457. The smallest absolute Gasteiger partial charge is 0.320 e. The van der Waals surface area contributed by atoms with Crippen LogP contribution in [-0.4, -0.2) is 31.3 Å². The van der Waals surface area contributed by atoms with Gasteiger partial charge < -0.3 is 5.32 Å². The van der Waals surface area contributed by atoms with Crippen molar-refractivity contribution in [3.05, 3.63) is 43.8 Å². The maximum Gasteiger partial charge on any atom is 0.344 e. The van der Waals surface area contributed by atoms with Gasteiger partial charge >= 0.3 is 5.69 Å². The normalized spacial score (nSPS) is 13.7. The highest BCUT2D eigenvalue weighted by Gasteiger charge is 2.28. The van der Waals surface area contributed by atoms with E-state index in [9.17, 15) is 19.7 Å². The van der Waals surface area contributed by atoms with Crippen molar-refractivity contribution in [2.45, 2.75) is 24.0 Å². The van der Waals surface area contributed by atoms with Crippen LogP contribution < -0.4 is 11.0 Å². The molecule has 1 heterocycles. The van der Waals surface area contributed by atoms with Crippen molar-refractivity contribution in [3.8, 4) is 0 Å².